The highest BCUT2D eigenvalue weighted by molar-refractivity contribution is 5.98. The molecule has 1 unspecified atom stereocenters. The van der Waals surface area contributed by atoms with Crippen molar-refractivity contribution >= 4 is 11.8 Å². The van der Waals surface area contributed by atoms with Gasteiger partial charge in [-0.2, -0.15) is 0 Å². The zero-order valence-corrected chi connectivity index (χ0v) is 21.7. The van der Waals surface area contributed by atoms with Gasteiger partial charge in [0.1, 0.15) is 29.0 Å². The average Bonchev–Trinajstić information content (AvgIpc) is 3.51. The van der Waals surface area contributed by atoms with Crippen LogP contribution in [-0.2, 0) is 19.1 Å². The van der Waals surface area contributed by atoms with E-state index in [1.54, 1.807) is 6.92 Å². The zero-order chi connectivity index (χ0) is 26.3. The molecule has 0 aromatic rings. The molecule has 36 heavy (non-hydrogen) atoms. The molecular weight excluding hydrogens is 464 g/mol. The highest BCUT2D eigenvalue weighted by Gasteiger charge is 2.84. The summed E-state index contributed by atoms with van der Waals surface area (Å²) < 4.78 is 11.7. The number of ether oxygens (including phenoxy) is 2. The predicted molar refractivity (Wildman–Crippen MR) is 127 cm³/mol. The zero-order valence-electron chi connectivity index (χ0n) is 21.7. The molecule has 4 N–H and O–H groups in total. The van der Waals surface area contributed by atoms with Crippen LogP contribution in [0.2, 0.25) is 0 Å². The third-order valence-electron chi connectivity index (χ3n) is 12.1. The van der Waals surface area contributed by atoms with Crippen molar-refractivity contribution in [3.05, 3.63) is 23.3 Å². The van der Waals surface area contributed by atoms with Crippen molar-refractivity contribution in [1.29, 1.82) is 0 Å². The molecule has 0 aromatic heterocycles. The van der Waals surface area contributed by atoms with Gasteiger partial charge in [0.05, 0.1) is 17.1 Å². The van der Waals surface area contributed by atoms with Crippen molar-refractivity contribution in [2.24, 2.45) is 22.7 Å². The summed E-state index contributed by atoms with van der Waals surface area (Å²) in [5.41, 5.74) is -6.64. The average molecular weight is 503 g/mol. The van der Waals surface area contributed by atoms with Gasteiger partial charge < -0.3 is 29.9 Å². The number of carbonyl (C=O) groups is 2. The highest BCUT2D eigenvalue weighted by atomic mass is 16.6. The third-order valence-corrected chi connectivity index (χ3v) is 12.1. The smallest absolute Gasteiger partial charge is 0.334 e. The van der Waals surface area contributed by atoms with Crippen LogP contribution in [0.1, 0.15) is 73.1 Å². The van der Waals surface area contributed by atoms with Crippen LogP contribution in [0.4, 0.5) is 0 Å². The number of aliphatic hydroxyl groups is 4. The fourth-order valence-electron chi connectivity index (χ4n) is 9.42. The lowest BCUT2D eigenvalue weighted by Gasteiger charge is -2.63. The first-order valence-electron chi connectivity index (χ1n) is 13.2. The van der Waals surface area contributed by atoms with Gasteiger partial charge >= 0.3 is 5.97 Å². The number of fused-ring (bicyclic) bond motifs is 4. The predicted octanol–water partition coefficient (Wildman–Crippen LogP) is 1.73. The van der Waals surface area contributed by atoms with Gasteiger partial charge in [-0.1, -0.05) is 12.5 Å². The number of esters is 1. The van der Waals surface area contributed by atoms with Crippen LogP contribution in [0.15, 0.2) is 23.3 Å². The minimum absolute atomic E-state index is 0.0933. The van der Waals surface area contributed by atoms with Crippen molar-refractivity contribution in [2.75, 3.05) is 0 Å². The van der Waals surface area contributed by atoms with E-state index >= 15 is 0 Å². The molecule has 6 rings (SSSR count). The Balaban J connectivity index is 1.39. The molecule has 0 amide bonds. The number of ketones is 1. The molecule has 198 valence electrons. The lowest BCUT2D eigenvalue weighted by Crippen LogP contribution is -2.73. The van der Waals surface area contributed by atoms with Crippen molar-refractivity contribution in [3.8, 4) is 0 Å². The monoisotopic (exact) mass is 502 g/mol. The first kappa shape index (κ1) is 24.7. The summed E-state index contributed by atoms with van der Waals surface area (Å²) >= 11 is 0. The Morgan fingerprint density at radius 2 is 1.78 bits per heavy atom. The van der Waals surface area contributed by atoms with Gasteiger partial charge in [0, 0.05) is 17.4 Å². The minimum atomic E-state index is -1.81. The number of cyclic esters (lactones) is 1. The molecule has 1 spiro atoms. The first-order chi connectivity index (χ1) is 16.6. The highest BCUT2D eigenvalue weighted by Crippen LogP contribution is 2.75. The Morgan fingerprint density at radius 1 is 1.08 bits per heavy atom. The van der Waals surface area contributed by atoms with Crippen LogP contribution in [0.25, 0.3) is 0 Å². The molecule has 4 fully saturated rings. The molecule has 8 nitrogen and oxygen atoms in total. The number of allylic oxidation sites excluding steroid dienone is 1. The van der Waals surface area contributed by atoms with Gasteiger partial charge in [0.2, 0.25) is 0 Å². The minimum Gasteiger partial charge on any atom is -0.455 e. The molecule has 1 saturated heterocycles. The second kappa shape index (κ2) is 6.89. The number of rotatable bonds is 2. The molecule has 0 bridgehead atoms. The summed E-state index contributed by atoms with van der Waals surface area (Å²) in [6.07, 6.45) is 2.84. The maximum Gasteiger partial charge on any atom is 0.334 e. The Labute approximate surface area is 211 Å². The lowest BCUT2D eigenvalue weighted by molar-refractivity contribution is -0.283. The van der Waals surface area contributed by atoms with Crippen LogP contribution in [0, 0.1) is 22.7 Å². The summed E-state index contributed by atoms with van der Waals surface area (Å²) in [6, 6.07) is 0. The normalized spacial score (nSPS) is 55.2. The summed E-state index contributed by atoms with van der Waals surface area (Å²) in [5, 5.41) is 47.5. The number of carbonyl (C=O) groups excluding carboxylic acids is 2. The molecule has 0 radical (unpaired) electrons. The molecule has 4 aliphatic carbocycles. The number of aliphatic hydroxyl groups excluding tert-OH is 1. The van der Waals surface area contributed by atoms with Crippen molar-refractivity contribution in [1.82, 2.24) is 0 Å². The van der Waals surface area contributed by atoms with E-state index in [0.29, 0.717) is 31.3 Å². The van der Waals surface area contributed by atoms with E-state index in [-0.39, 0.29) is 36.6 Å². The summed E-state index contributed by atoms with van der Waals surface area (Å²) in [7, 11) is 0. The molecule has 2 aliphatic heterocycles. The van der Waals surface area contributed by atoms with E-state index in [1.165, 1.54) is 19.1 Å². The van der Waals surface area contributed by atoms with Gasteiger partial charge in [-0.05, 0) is 83.8 Å². The number of epoxide rings is 1. The maximum absolute atomic E-state index is 13.3. The topological polar surface area (TPSA) is 137 Å². The quantitative estimate of drug-likeness (QED) is 0.331. The van der Waals surface area contributed by atoms with E-state index in [1.807, 2.05) is 20.8 Å². The fourth-order valence-corrected chi connectivity index (χ4v) is 9.42. The van der Waals surface area contributed by atoms with Crippen LogP contribution in [0.3, 0.4) is 0 Å². The van der Waals surface area contributed by atoms with Gasteiger partial charge in [0.25, 0.3) is 0 Å². The van der Waals surface area contributed by atoms with E-state index in [9.17, 15) is 30.0 Å². The van der Waals surface area contributed by atoms with Crippen molar-refractivity contribution in [3.63, 3.8) is 0 Å². The van der Waals surface area contributed by atoms with Gasteiger partial charge in [-0.25, -0.2) is 4.79 Å². The Kier molecular flexibility index (Phi) is 4.73. The van der Waals surface area contributed by atoms with Crippen molar-refractivity contribution in [2.45, 2.75) is 114 Å². The lowest BCUT2D eigenvalue weighted by atomic mass is 9.42. The van der Waals surface area contributed by atoms with Crippen LogP contribution in [0.5, 0.6) is 0 Å². The van der Waals surface area contributed by atoms with Crippen LogP contribution >= 0.6 is 0 Å². The van der Waals surface area contributed by atoms with E-state index in [4.69, 9.17) is 9.47 Å². The number of hydrogen-bond donors (Lipinski definition) is 4. The Hall–Kier alpha value is -1.58. The molecule has 8 heteroatoms. The van der Waals surface area contributed by atoms with Crippen molar-refractivity contribution < 1.29 is 39.5 Å². The van der Waals surface area contributed by atoms with E-state index in [0.717, 1.165) is 5.57 Å². The second-order valence-corrected chi connectivity index (χ2v) is 13.0. The molecular formula is C28H38O8. The molecule has 2 heterocycles. The first-order valence-corrected chi connectivity index (χ1v) is 13.2. The third kappa shape index (κ3) is 2.40. The van der Waals surface area contributed by atoms with Crippen LogP contribution in [-0.4, -0.2) is 72.9 Å². The van der Waals surface area contributed by atoms with Crippen LogP contribution < -0.4 is 0 Å². The molecule has 11 atom stereocenters. The molecule has 0 aromatic carbocycles. The largest absolute Gasteiger partial charge is 0.455 e. The Morgan fingerprint density at radius 3 is 2.44 bits per heavy atom. The van der Waals surface area contributed by atoms with Gasteiger partial charge in [-0.15, -0.1) is 0 Å². The second-order valence-electron chi connectivity index (χ2n) is 13.0. The molecule has 3 saturated carbocycles. The van der Waals surface area contributed by atoms with E-state index in [2.05, 4.69) is 0 Å². The fraction of sp³-hybridized carbons (Fsp3) is 0.786. The maximum atomic E-state index is 13.3. The SMILES string of the molecule is CC1=C(C)C(=O)O[C@@H]([C@](C)(O)[C@]2(O)CC[C@@]3(O)[C@@H]4C[C@H]5O[C@]56C(O)C=CC(=O)[C@]6(C)[C@H]4CC[C@]23C)C1. The van der Waals surface area contributed by atoms with E-state index < -0.39 is 51.4 Å². The van der Waals surface area contributed by atoms with Gasteiger partial charge in [0.15, 0.2) is 5.78 Å². The summed E-state index contributed by atoms with van der Waals surface area (Å²) in [4.78, 5) is 25.8. The Bertz CT molecular complexity index is 1120. The molecule has 6 aliphatic rings. The summed E-state index contributed by atoms with van der Waals surface area (Å²) in [6.45, 7) is 8.73. The summed E-state index contributed by atoms with van der Waals surface area (Å²) in [5.74, 6) is -1.19. The van der Waals surface area contributed by atoms with Gasteiger partial charge in [-0.3, -0.25) is 4.79 Å². The number of hydrogen-bond acceptors (Lipinski definition) is 8. The standard InChI is InChI=1S/C28H38O8/c1-14-12-20(35-22(31)15(14)2)25(5,32)27(34)11-10-26(33)17-13-21-28(36-21)19(30)7-6-18(29)24(28,4)16(17)8-9-23(26,27)3/h6-7,16-17,19-21,30,32-34H,8-13H2,1-5H3/t16-,17+,19?,20+,21+,23-,24-,25-,26+,27-,28+/m0/s1.